The lowest BCUT2D eigenvalue weighted by molar-refractivity contribution is -0.172. The van der Waals surface area contributed by atoms with Crippen LogP contribution in [0.2, 0.25) is 0 Å². The molecule has 2 aromatic carbocycles. The number of hydrogen-bond acceptors (Lipinski definition) is 8. The number of rotatable bonds is 8. The molecule has 0 aromatic heterocycles. The van der Waals surface area contributed by atoms with Crippen molar-refractivity contribution in [2.75, 3.05) is 6.61 Å². The normalized spacial score (nSPS) is 14.1. The largest absolute Gasteiger partial charge is 0.489 e. The summed E-state index contributed by atoms with van der Waals surface area (Å²) in [5.41, 5.74) is -0.0583. The quantitative estimate of drug-likeness (QED) is 0.449. The van der Waals surface area contributed by atoms with Crippen LogP contribution in [-0.4, -0.2) is 44.2 Å². The van der Waals surface area contributed by atoms with Gasteiger partial charge in [-0.3, -0.25) is 14.4 Å². The van der Waals surface area contributed by atoms with E-state index in [1.165, 1.54) is 36.4 Å². The molecule has 3 rings (SSSR count). The highest BCUT2D eigenvalue weighted by atomic mass is 32.2. The van der Waals surface area contributed by atoms with Gasteiger partial charge in [0, 0.05) is 18.2 Å². The number of benzene rings is 2. The van der Waals surface area contributed by atoms with Gasteiger partial charge in [0.2, 0.25) is 0 Å². The molecular formula is C21H17NO8S. The van der Waals surface area contributed by atoms with Gasteiger partial charge < -0.3 is 9.57 Å². The zero-order chi connectivity index (χ0) is 22.4. The fraction of sp³-hybridized carbons (Fsp3) is 0.143. The van der Waals surface area contributed by atoms with Crippen molar-refractivity contribution in [3.05, 3.63) is 71.1 Å². The molecule has 0 aliphatic carbocycles. The number of ether oxygens (including phenoxy) is 1. The molecule has 0 N–H and O–H groups in total. The van der Waals surface area contributed by atoms with E-state index in [-0.39, 0.29) is 41.2 Å². The van der Waals surface area contributed by atoms with Gasteiger partial charge in [-0.25, -0.2) is 13.2 Å². The first-order valence-corrected chi connectivity index (χ1v) is 10.6. The van der Waals surface area contributed by atoms with Gasteiger partial charge in [-0.1, -0.05) is 18.2 Å². The molecule has 2 aromatic rings. The summed E-state index contributed by atoms with van der Waals surface area (Å²) in [7, 11) is -3.62. The Morgan fingerprint density at radius 3 is 2.35 bits per heavy atom. The van der Waals surface area contributed by atoms with Crippen LogP contribution in [0.4, 0.5) is 0 Å². The average molecular weight is 443 g/mol. The van der Waals surface area contributed by atoms with E-state index in [4.69, 9.17) is 9.57 Å². The second kappa shape index (κ2) is 9.35. The number of nitrogens with zero attached hydrogens (tertiary/aromatic N) is 1. The van der Waals surface area contributed by atoms with Crippen molar-refractivity contribution in [1.29, 1.82) is 0 Å². The van der Waals surface area contributed by atoms with Gasteiger partial charge >= 0.3 is 5.97 Å². The maximum absolute atomic E-state index is 12.2. The van der Waals surface area contributed by atoms with Crippen LogP contribution < -0.4 is 4.74 Å². The van der Waals surface area contributed by atoms with Crippen LogP contribution in [0.5, 0.6) is 5.75 Å². The maximum Gasteiger partial charge on any atom is 0.363 e. The molecule has 1 fully saturated rings. The molecule has 0 radical (unpaired) electrons. The topological polar surface area (TPSA) is 124 Å². The Bertz CT molecular complexity index is 1140. The van der Waals surface area contributed by atoms with Crippen LogP contribution in [0.1, 0.15) is 33.6 Å². The van der Waals surface area contributed by atoms with Crippen molar-refractivity contribution in [3.8, 4) is 5.75 Å². The van der Waals surface area contributed by atoms with Gasteiger partial charge in [-0.15, -0.1) is 5.06 Å². The molecule has 1 saturated heterocycles. The Morgan fingerprint density at radius 2 is 1.71 bits per heavy atom. The molecule has 10 heteroatoms. The molecule has 0 bridgehead atoms. The predicted molar refractivity (Wildman–Crippen MR) is 107 cm³/mol. The molecule has 0 unspecified atom stereocenters. The van der Waals surface area contributed by atoms with E-state index >= 15 is 0 Å². The van der Waals surface area contributed by atoms with E-state index < -0.39 is 27.6 Å². The first kappa shape index (κ1) is 21.9. The van der Waals surface area contributed by atoms with Crippen LogP contribution in [0.25, 0.3) is 0 Å². The van der Waals surface area contributed by atoms with E-state index in [2.05, 4.69) is 0 Å². The van der Waals surface area contributed by atoms with Gasteiger partial charge in [0.15, 0.2) is 16.1 Å². The summed E-state index contributed by atoms with van der Waals surface area (Å²) in [5, 5.41) is 1.41. The number of aldehydes is 1. The van der Waals surface area contributed by atoms with E-state index in [1.807, 2.05) is 0 Å². The Morgan fingerprint density at radius 1 is 1.03 bits per heavy atom. The number of hydrogen-bond donors (Lipinski definition) is 0. The number of hydroxylamine groups is 2. The summed E-state index contributed by atoms with van der Waals surface area (Å²) in [6.07, 6.45) is 1.66. The zero-order valence-electron chi connectivity index (χ0n) is 16.1. The molecule has 31 heavy (non-hydrogen) atoms. The number of carbonyl (C=O) groups excluding carboxylic acids is 4. The third-order valence-electron chi connectivity index (χ3n) is 4.23. The smallest absolute Gasteiger partial charge is 0.363 e. The number of amides is 2. The zero-order valence-corrected chi connectivity index (χ0v) is 16.9. The van der Waals surface area contributed by atoms with Crippen molar-refractivity contribution in [1.82, 2.24) is 5.06 Å². The molecular weight excluding hydrogens is 426 g/mol. The standard InChI is InChI=1S/C21H17NO8S/c23-14-16-13-15(21(26)30-22-19(24)9-10-20(22)25)7-8-18(16)29-11-4-12-31(27,28)17-5-2-1-3-6-17/h1-8,12-14H,9-11H2/b12-4+. The second-order valence-electron chi connectivity index (χ2n) is 6.37. The fourth-order valence-electron chi connectivity index (χ4n) is 2.69. The second-order valence-corrected chi connectivity index (χ2v) is 8.21. The highest BCUT2D eigenvalue weighted by Gasteiger charge is 2.33. The fourth-order valence-corrected chi connectivity index (χ4v) is 3.71. The lowest BCUT2D eigenvalue weighted by atomic mass is 10.1. The minimum Gasteiger partial charge on any atom is -0.489 e. The van der Waals surface area contributed by atoms with Crippen LogP contribution in [0.15, 0.2) is 64.9 Å². The Balaban J connectivity index is 1.65. The van der Waals surface area contributed by atoms with E-state index in [0.717, 1.165) is 5.41 Å². The van der Waals surface area contributed by atoms with Gasteiger partial charge in [0.1, 0.15) is 12.4 Å². The third kappa shape index (κ3) is 5.23. The van der Waals surface area contributed by atoms with Crippen LogP contribution in [-0.2, 0) is 24.3 Å². The first-order valence-electron chi connectivity index (χ1n) is 9.08. The summed E-state index contributed by atoms with van der Waals surface area (Å²) >= 11 is 0. The number of sulfone groups is 1. The highest BCUT2D eigenvalue weighted by Crippen LogP contribution is 2.21. The monoisotopic (exact) mass is 443 g/mol. The Kier molecular flexibility index (Phi) is 6.61. The summed E-state index contributed by atoms with van der Waals surface area (Å²) in [6.45, 7) is -0.145. The SMILES string of the molecule is O=Cc1cc(C(=O)ON2C(=O)CCC2=O)ccc1OC/C=C/S(=O)(=O)c1ccccc1. The summed E-state index contributed by atoms with van der Waals surface area (Å²) in [4.78, 5) is 51.6. The van der Waals surface area contributed by atoms with Gasteiger partial charge in [-0.05, 0) is 36.4 Å². The minimum absolute atomic E-state index is 0.00726. The third-order valence-corrected chi connectivity index (χ3v) is 5.71. The molecule has 1 aliphatic rings. The average Bonchev–Trinajstić information content (AvgIpc) is 3.09. The van der Waals surface area contributed by atoms with Crippen LogP contribution in [0.3, 0.4) is 0 Å². The van der Waals surface area contributed by atoms with Crippen molar-refractivity contribution in [2.24, 2.45) is 0 Å². The number of carbonyl (C=O) groups is 4. The first-order chi connectivity index (χ1) is 14.8. The van der Waals surface area contributed by atoms with Crippen molar-refractivity contribution >= 4 is 33.9 Å². The van der Waals surface area contributed by atoms with E-state index in [9.17, 15) is 27.6 Å². The molecule has 160 valence electrons. The van der Waals surface area contributed by atoms with Gasteiger partial charge in [0.25, 0.3) is 11.8 Å². The molecule has 2 amide bonds. The van der Waals surface area contributed by atoms with Crippen molar-refractivity contribution < 1.29 is 37.2 Å². The Hall–Kier alpha value is -3.79. The van der Waals surface area contributed by atoms with Crippen molar-refractivity contribution in [3.63, 3.8) is 0 Å². The molecule has 1 aliphatic heterocycles. The van der Waals surface area contributed by atoms with Gasteiger partial charge in [-0.2, -0.15) is 0 Å². The maximum atomic E-state index is 12.2. The molecule has 0 saturated carbocycles. The highest BCUT2D eigenvalue weighted by molar-refractivity contribution is 7.94. The molecule has 9 nitrogen and oxygen atoms in total. The summed E-state index contributed by atoms with van der Waals surface area (Å²) in [5.74, 6) is -2.11. The summed E-state index contributed by atoms with van der Waals surface area (Å²) in [6, 6.07) is 11.6. The molecule has 0 spiro atoms. The summed E-state index contributed by atoms with van der Waals surface area (Å²) < 4.78 is 29.8. The number of imide groups is 1. The lowest BCUT2D eigenvalue weighted by Gasteiger charge is -2.13. The van der Waals surface area contributed by atoms with E-state index in [1.54, 1.807) is 18.2 Å². The Labute approximate surface area is 177 Å². The van der Waals surface area contributed by atoms with Crippen molar-refractivity contribution in [2.45, 2.75) is 17.7 Å². The minimum atomic E-state index is -3.62. The van der Waals surface area contributed by atoms with Crippen LogP contribution >= 0.6 is 0 Å². The van der Waals surface area contributed by atoms with Gasteiger partial charge in [0.05, 0.1) is 16.0 Å². The molecule has 0 atom stereocenters. The molecule has 1 heterocycles. The van der Waals surface area contributed by atoms with Crippen LogP contribution in [0, 0.1) is 0 Å². The van der Waals surface area contributed by atoms with E-state index in [0.29, 0.717) is 11.3 Å². The predicted octanol–water partition coefficient (Wildman–Crippen LogP) is 2.09. The lowest BCUT2D eigenvalue weighted by Crippen LogP contribution is -2.32.